The van der Waals surface area contributed by atoms with E-state index in [-0.39, 0.29) is 24.0 Å². The SMILES string of the molecule is CC(C)c1ccc(OC[C@@H]2O[C@@H]3c4cc(C(C)(C)C)ccc4OC(C)(C)[C@H]3C[C@@H]2C(=O)O)cc1. The fraction of sp³-hybridized carbons (Fsp3) is 0.552. The lowest BCUT2D eigenvalue weighted by molar-refractivity contribution is -0.192. The van der Waals surface area contributed by atoms with Gasteiger partial charge in [-0.05, 0) is 67.0 Å². The smallest absolute Gasteiger partial charge is 0.309 e. The minimum atomic E-state index is -0.854. The average molecular weight is 467 g/mol. The van der Waals surface area contributed by atoms with Crippen molar-refractivity contribution >= 4 is 5.97 Å². The van der Waals surface area contributed by atoms with Crippen molar-refractivity contribution in [1.29, 1.82) is 0 Å². The maximum atomic E-state index is 12.2. The van der Waals surface area contributed by atoms with Crippen LogP contribution >= 0.6 is 0 Å². The molecule has 5 heteroatoms. The summed E-state index contributed by atoms with van der Waals surface area (Å²) in [5.74, 6) is 0.398. The first-order valence-electron chi connectivity index (χ1n) is 12.3. The highest BCUT2D eigenvalue weighted by atomic mass is 16.6. The first kappa shape index (κ1) is 24.6. The first-order chi connectivity index (χ1) is 15.9. The van der Waals surface area contributed by atoms with Crippen LogP contribution in [0.4, 0.5) is 0 Å². The Kier molecular flexibility index (Phi) is 6.45. The average Bonchev–Trinajstić information content (AvgIpc) is 2.76. The summed E-state index contributed by atoms with van der Waals surface area (Å²) in [6.07, 6.45) is -0.316. The van der Waals surface area contributed by atoms with Gasteiger partial charge in [-0.25, -0.2) is 0 Å². The quantitative estimate of drug-likeness (QED) is 0.544. The largest absolute Gasteiger partial charge is 0.491 e. The number of benzene rings is 2. The minimum Gasteiger partial charge on any atom is -0.491 e. The molecule has 2 aromatic rings. The molecule has 0 bridgehead atoms. The van der Waals surface area contributed by atoms with Crippen molar-refractivity contribution in [3.05, 3.63) is 59.2 Å². The molecule has 0 saturated carbocycles. The van der Waals surface area contributed by atoms with E-state index in [0.717, 1.165) is 17.1 Å². The van der Waals surface area contributed by atoms with Gasteiger partial charge in [-0.1, -0.05) is 52.8 Å². The molecule has 1 saturated heterocycles. The molecular formula is C29H38O5. The molecular weight excluding hydrogens is 428 g/mol. The van der Waals surface area contributed by atoms with Crippen LogP contribution in [0, 0.1) is 11.8 Å². The summed E-state index contributed by atoms with van der Waals surface area (Å²) in [6, 6.07) is 14.3. The molecule has 2 aliphatic heterocycles. The monoisotopic (exact) mass is 466 g/mol. The highest BCUT2D eigenvalue weighted by molar-refractivity contribution is 5.71. The molecule has 4 rings (SSSR count). The Labute approximate surface area is 203 Å². The van der Waals surface area contributed by atoms with Crippen LogP contribution < -0.4 is 9.47 Å². The fourth-order valence-corrected chi connectivity index (χ4v) is 5.10. The van der Waals surface area contributed by atoms with E-state index >= 15 is 0 Å². The van der Waals surface area contributed by atoms with Crippen LogP contribution in [0.25, 0.3) is 0 Å². The van der Waals surface area contributed by atoms with Crippen LogP contribution in [0.3, 0.4) is 0 Å². The number of carboxylic acid groups (broad SMARTS) is 1. The standard InChI is InChI=1S/C29H38O5/c1-17(2)18-8-11-20(12-9-18)32-16-25-22(27(30)31)15-23-26(33-25)21-14-19(28(3,4)5)10-13-24(21)34-29(23,6)7/h8-14,17,22-23,25-26H,15-16H2,1-7H3,(H,30,31)/t22-,23-,25-,26+/m0/s1. The van der Waals surface area contributed by atoms with Crippen molar-refractivity contribution in [3.63, 3.8) is 0 Å². The van der Waals surface area contributed by atoms with E-state index < -0.39 is 23.6 Å². The highest BCUT2D eigenvalue weighted by Crippen LogP contribution is 2.52. The van der Waals surface area contributed by atoms with Gasteiger partial charge in [0.25, 0.3) is 0 Å². The molecule has 0 radical (unpaired) electrons. The molecule has 5 nitrogen and oxygen atoms in total. The third kappa shape index (κ3) is 4.81. The summed E-state index contributed by atoms with van der Waals surface area (Å²) in [4.78, 5) is 12.2. The molecule has 1 fully saturated rings. The highest BCUT2D eigenvalue weighted by Gasteiger charge is 2.52. The van der Waals surface area contributed by atoms with Gasteiger partial charge in [0, 0.05) is 11.5 Å². The zero-order chi connectivity index (χ0) is 24.8. The number of hydrogen-bond acceptors (Lipinski definition) is 4. The van der Waals surface area contributed by atoms with Crippen molar-refractivity contribution in [2.45, 2.75) is 84.0 Å². The number of carbonyl (C=O) groups is 1. The summed E-state index contributed by atoms with van der Waals surface area (Å²) in [6.45, 7) is 15.1. The zero-order valence-electron chi connectivity index (χ0n) is 21.4. The molecule has 2 aromatic carbocycles. The second-order valence-electron chi connectivity index (χ2n) is 11.6. The number of aliphatic carboxylic acids is 1. The minimum absolute atomic E-state index is 0.0135. The Morgan fingerprint density at radius 1 is 1.15 bits per heavy atom. The molecule has 2 heterocycles. The fourth-order valence-electron chi connectivity index (χ4n) is 5.10. The Bertz CT molecular complexity index is 1030. The van der Waals surface area contributed by atoms with Gasteiger partial charge in [0.2, 0.25) is 0 Å². The van der Waals surface area contributed by atoms with Crippen molar-refractivity contribution in [2.24, 2.45) is 11.8 Å². The van der Waals surface area contributed by atoms with Crippen LogP contribution in [-0.2, 0) is 14.9 Å². The third-order valence-electron chi connectivity index (χ3n) is 7.37. The molecule has 0 aromatic heterocycles. The van der Waals surface area contributed by atoms with E-state index in [1.54, 1.807) is 0 Å². The lowest BCUT2D eigenvalue weighted by atomic mass is 9.71. The lowest BCUT2D eigenvalue weighted by Gasteiger charge is -2.50. The van der Waals surface area contributed by atoms with E-state index in [1.165, 1.54) is 11.1 Å². The maximum absolute atomic E-state index is 12.2. The lowest BCUT2D eigenvalue weighted by Crippen LogP contribution is -2.53. The molecule has 0 spiro atoms. The predicted molar refractivity (Wildman–Crippen MR) is 133 cm³/mol. The number of carboxylic acids is 1. The van der Waals surface area contributed by atoms with Crippen molar-refractivity contribution in [1.82, 2.24) is 0 Å². The third-order valence-corrected chi connectivity index (χ3v) is 7.37. The van der Waals surface area contributed by atoms with E-state index in [1.807, 2.05) is 32.0 Å². The van der Waals surface area contributed by atoms with E-state index in [0.29, 0.717) is 12.3 Å². The van der Waals surface area contributed by atoms with Crippen molar-refractivity contribution < 1.29 is 24.1 Å². The second kappa shape index (κ2) is 8.92. The molecule has 34 heavy (non-hydrogen) atoms. The van der Waals surface area contributed by atoms with E-state index in [9.17, 15) is 9.90 Å². The van der Waals surface area contributed by atoms with E-state index in [4.69, 9.17) is 14.2 Å². The van der Waals surface area contributed by atoms with Gasteiger partial charge in [0.15, 0.2) is 0 Å². The number of rotatable bonds is 5. The zero-order valence-corrected chi connectivity index (χ0v) is 21.4. The van der Waals surface area contributed by atoms with Gasteiger partial charge >= 0.3 is 5.97 Å². The normalized spacial score (nSPS) is 25.8. The van der Waals surface area contributed by atoms with Crippen LogP contribution in [0.2, 0.25) is 0 Å². The van der Waals surface area contributed by atoms with Gasteiger partial charge in [-0.15, -0.1) is 0 Å². The van der Waals surface area contributed by atoms with Crippen LogP contribution in [0.1, 0.15) is 83.6 Å². The topological polar surface area (TPSA) is 65.0 Å². The summed E-state index contributed by atoms with van der Waals surface area (Å²) in [7, 11) is 0. The van der Waals surface area contributed by atoms with Crippen LogP contribution in [-0.4, -0.2) is 29.4 Å². The predicted octanol–water partition coefficient (Wildman–Crippen LogP) is 6.50. The van der Waals surface area contributed by atoms with E-state index in [2.05, 4.69) is 58.9 Å². The van der Waals surface area contributed by atoms with Crippen LogP contribution in [0.5, 0.6) is 11.5 Å². The summed E-state index contributed by atoms with van der Waals surface area (Å²) >= 11 is 0. The van der Waals surface area contributed by atoms with Gasteiger partial charge in [0.05, 0.1) is 12.0 Å². The number of fused-ring (bicyclic) bond motifs is 3. The maximum Gasteiger partial charge on any atom is 0.309 e. The molecule has 0 aliphatic carbocycles. The first-order valence-corrected chi connectivity index (χ1v) is 12.3. The summed E-state index contributed by atoms with van der Waals surface area (Å²) in [5.41, 5.74) is 2.90. The summed E-state index contributed by atoms with van der Waals surface area (Å²) in [5, 5.41) is 10.0. The van der Waals surface area contributed by atoms with Gasteiger partial charge in [0.1, 0.15) is 29.8 Å². The molecule has 0 unspecified atom stereocenters. The number of hydrogen-bond donors (Lipinski definition) is 1. The van der Waals surface area contributed by atoms with Crippen molar-refractivity contribution in [3.8, 4) is 11.5 Å². The second-order valence-corrected chi connectivity index (χ2v) is 11.6. The Morgan fingerprint density at radius 2 is 1.82 bits per heavy atom. The Morgan fingerprint density at radius 3 is 2.41 bits per heavy atom. The Hall–Kier alpha value is -2.53. The molecule has 184 valence electrons. The summed E-state index contributed by atoms with van der Waals surface area (Å²) < 4.78 is 19.0. The van der Waals surface area contributed by atoms with Gasteiger partial charge < -0.3 is 19.3 Å². The number of ether oxygens (including phenoxy) is 3. The molecule has 0 amide bonds. The van der Waals surface area contributed by atoms with Crippen LogP contribution in [0.15, 0.2) is 42.5 Å². The molecule has 4 atom stereocenters. The van der Waals surface area contributed by atoms with Gasteiger partial charge in [-0.3, -0.25) is 4.79 Å². The van der Waals surface area contributed by atoms with Gasteiger partial charge in [-0.2, -0.15) is 0 Å². The molecule has 2 aliphatic rings. The molecule has 1 N–H and O–H groups in total. The Balaban J connectivity index is 1.62. The van der Waals surface area contributed by atoms with Crippen molar-refractivity contribution in [2.75, 3.05) is 6.61 Å².